The lowest BCUT2D eigenvalue weighted by Gasteiger charge is -2.31. The number of piperidine rings is 1. The first-order valence-electron chi connectivity index (χ1n) is 10.6. The Balaban J connectivity index is 1.80. The smallest absolute Gasteiger partial charge is 0.253 e. The molecule has 0 radical (unpaired) electrons. The summed E-state index contributed by atoms with van der Waals surface area (Å²) in [6, 6.07) is 7.70. The van der Waals surface area contributed by atoms with Gasteiger partial charge in [0.15, 0.2) is 5.96 Å². The number of likely N-dealkylation sites (tertiary alicyclic amines) is 1. The van der Waals surface area contributed by atoms with Crippen LogP contribution in [0.15, 0.2) is 29.3 Å². The lowest BCUT2D eigenvalue weighted by atomic mass is 9.93. The molecule has 0 bridgehead atoms. The third-order valence-corrected chi connectivity index (χ3v) is 5.37. The summed E-state index contributed by atoms with van der Waals surface area (Å²) >= 11 is 0. The number of benzene rings is 1. The molecule has 1 aliphatic heterocycles. The number of nitrogens with one attached hydrogen (secondary N) is 2. The minimum atomic E-state index is 0.0230. The van der Waals surface area contributed by atoms with Crippen LogP contribution >= 0.6 is 0 Å². The van der Waals surface area contributed by atoms with Crippen LogP contribution in [0.1, 0.15) is 49.0 Å². The van der Waals surface area contributed by atoms with Crippen molar-refractivity contribution in [2.24, 2.45) is 10.9 Å². The van der Waals surface area contributed by atoms with E-state index >= 15 is 0 Å². The van der Waals surface area contributed by atoms with Crippen LogP contribution in [0, 0.1) is 5.92 Å². The molecule has 0 aliphatic carbocycles. The molecule has 1 aromatic carbocycles. The molecule has 0 unspecified atom stereocenters. The molecule has 2 rings (SSSR count). The van der Waals surface area contributed by atoms with Crippen molar-refractivity contribution in [2.45, 2.75) is 39.7 Å². The zero-order valence-corrected chi connectivity index (χ0v) is 18.0. The Morgan fingerprint density at radius 3 is 2.39 bits per heavy atom. The first-order chi connectivity index (χ1) is 13.5. The molecule has 1 fully saturated rings. The number of rotatable bonds is 8. The number of guanidine groups is 1. The second-order valence-electron chi connectivity index (χ2n) is 7.68. The zero-order valence-electron chi connectivity index (χ0n) is 18.0. The van der Waals surface area contributed by atoms with Gasteiger partial charge in [0, 0.05) is 32.7 Å². The first kappa shape index (κ1) is 22.2. The Morgan fingerprint density at radius 1 is 1.14 bits per heavy atom. The molecule has 0 spiro atoms. The molecule has 0 atom stereocenters. The van der Waals surface area contributed by atoms with E-state index in [4.69, 9.17) is 4.99 Å². The Labute approximate surface area is 170 Å². The normalized spacial score (nSPS) is 16.1. The molecule has 2 N–H and O–H groups in total. The fourth-order valence-electron chi connectivity index (χ4n) is 3.51. The molecule has 1 saturated heterocycles. The predicted octanol–water partition coefficient (Wildman–Crippen LogP) is 2.57. The number of carbonyl (C=O) groups excluding carboxylic acids is 1. The van der Waals surface area contributed by atoms with Gasteiger partial charge in [-0.15, -0.1) is 0 Å². The number of aliphatic imine (C=N–C) groups is 1. The summed E-state index contributed by atoms with van der Waals surface area (Å²) in [5, 5.41) is 6.79. The summed E-state index contributed by atoms with van der Waals surface area (Å²) in [4.78, 5) is 20.8. The summed E-state index contributed by atoms with van der Waals surface area (Å²) in [5.41, 5.74) is 1.80. The number of hydrogen-bond acceptors (Lipinski definition) is 3. The maximum absolute atomic E-state index is 12.0. The van der Waals surface area contributed by atoms with Crippen molar-refractivity contribution < 1.29 is 4.79 Å². The van der Waals surface area contributed by atoms with Crippen LogP contribution in [0.4, 0.5) is 0 Å². The van der Waals surface area contributed by atoms with E-state index in [0.29, 0.717) is 12.1 Å². The molecule has 1 aliphatic rings. The molecule has 6 nitrogen and oxygen atoms in total. The molecule has 0 saturated carbocycles. The van der Waals surface area contributed by atoms with Crippen molar-refractivity contribution in [3.8, 4) is 0 Å². The second-order valence-corrected chi connectivity index (χ2v) is 7.68. The Bertz CT molecular complexity index is 618. The maximum atomic E-state index is 12.0. The summed E-state index contributed by atoms with van der Waals surface area (Å²) < 4.78 is 0. The van der Waals surface area contributed by atoms with Gasteiger partial charge in [-0.1, -0.05) is 19.1 Å². The van der Waals surface area contributed by atoms with Crippen LogP contribution in [-0.2, 0) is 6.54 Å². The van der Waals surface area contributed by atoms with Gasteiger partial charge in [-0.3, -0.25) is 4.79 Å². The van der Waals surface area contributed by atoms with Gasteiger partial charge in [0.2, 0.25) is 0 Å². The molecule has 1 amide bonds. The van der Waals surface area contributed by atoms with Crippen LogP contribution in [0.3, 0.4) is 0 Å². The van der Waals surface area contributed by atoms with Gasteiger partial charge in [-0.25, -0.2) is 4.99 Å². The number of carbonyl (C=O) groups is 1. The van der Waals surface area contributed by atoms with Crippen LogP contribution in [-0.4, -0.2) is 68.5 Å². The van der Waals surface area contributed by atoms with E-state index < -0.39 is 0 Å². The molecule has 6 heteroatoms. The molecule has 1 aromatic rings. The summed E-state index contributed by atoms with van der Waals surface area (Å²) in [5.74, 6) is 1.71. The van der Waals surface area contributed by atoms with E-state index in [0.717, 1.165) is 30.5 Å². The minimum Gasteiger partial charge on any atom is -0.357 e. The van der Waals surface area contributed by atoms with Crippen LogP contribution in [0.5, 0.6) is 0 Å². The Kier molecular flexibility index (Phi) is 9.28. The highest BCUT2D eigenvalue weighted by Gasteiger charge is 2.17. The lowest BCUT2D eigenvalue weighted by molar-refractivity contribution is 0.0827. The van der Waals surface area contributed by atoms with Crippen molar-refractivity contribution in [3.63, 3.8) is 0 Å². The van der Waals surface area contributed by atoms with Crippen molar-refractivity contribution in [3.05, 3.63) is 35.4 Å². The average Bonchev–Trinajstić information content (AvgIpc) is 2.72. The SMILES string of the molecule is CCNC(=NCc1ccc(C(=O)N(C)C)cc1)NCCC1CCN(CC)CC1. The van der Waals surface area contributed by atoms with E-state index in [-0.39, 0.29) is 5.91 Å². The average molecular weight is 388 g/mol. The van der Waals surface area contributed by atoms with Crippen LogP contribution in [0.2, 0.25) is 0 Å². The van der Waals surface area contributed by atoms with Crippen molar-refractivity contribution in [1.29, 1.82) is 0 Å². The van der Waals surface area contributed by atoms with Gasteiger partial charge in [0.05, 0.1) is 6.54 Å². The van der Waals surface area contributed by atoms with Gasteiger partial charge in [-0.2, -0.15) is 0 Å². The molecule has 1 heterocycles. The molecular weight excluding hydrogens is 350 g/mol. The van der Waals surface area contributed by atoms with Gasteiger partial charge < -0.3 is 20.4 Å². The fourth-order valence-corrected chi connectivity index (χ4v) is 3.51. The van der Waals surface area contributed by atoms with Crippen molar-refractivity contribution >= 4 is 11.9 Å². The van der Waals surface area contributed by atoms with Crippen molar-refractivity contribution in [1.82, 2.24) is 20.4 Å². The summed E-state index contributed by atoms with van der Waals surface area (Å²) in [7, 11) is 3.53. The topological polar surface area (TPSA) is 60.0 Å². The largest absolute Gasteiger partial charge is 0.357 e. The Hall–Kier alpha value is -2.08. The van der Waals surface area contributed by atoms with Gasteiger partial charge in [0.25, 0.3) is 5.91 Å². The molecular formula is C22H37N5O. The monoisotopic (exact) mass is 387 g/mol. The van der Waals surface area contributed by atoms with Gasteiger partial charge in [0.1, 0.15) is 0 Å². The first-order valence-corrected chi connectivity index (χ1v) is 10.6. The quantitative estimate of drug-likeness (QED) is 0.532. The van der Waals surface area contributed by atoms with E-state index in [2.05, 4.69) is 29.4 Å². The highest BCUT2D eigenvalue weighted by Crippen LogP contribution is 2.19. The molecule has 156 valence electrons. The van der Waals surface area contributed by atoms with Gasteiger partial charge in [-0.05, 0) is 69.4 Å². The maximum Gasteiger partial charge on any atom is 0.253 e. The van der Waals surface area contributed by atoms with E-state index in [9.17, 15) is 4.79 Å². The van der Waals surface area contributed by atoms with E-state index in [1.807, 2.05) is 24.3 Å². The van der Waals surface area contributed by atoms with Crippen molar-refractivity contribution in [2.75, 3.05) is 46.8 Å². The highest BCUT2D eigenvalue weighted by atomic mass is 16.2. The summed E-state index contributed by atoms with van der Waals surface area (Å²) in [6.07, 6.45) is 3.81. The van der Waals surface area contributed by atoms with Gasteiger partial charge >= 0.3 is 0 Å². The second kappa shape index (κ2) is 11.7. The third-order valence-electron chi connectivity index (χ3n) is 5.37. The number of hydrogen-bond donors (Lipinski definition) is 2. The standard InChI is InChI=1S/C22H37N5O/c1-5-23-22(24-14-11-18-12-15-27(6-2)16-13-18)25-17-19-7-9-20(10-8-19)21(28)26(3)4/h7-10,18H,5-6,11-17H2,1-4H3,(H2,23,24,25). The van der Waals surface area contributed by atoms with E-state index in [1.165, 1.54) is 38.9 Å². The predicted molar refractivity (Wildman–Crippen MR) is 117 cm³/mol. The zero-order chi connectivity index (χ0) is 20.4. The highest BCUT2D eigenvalue weighted by molar-refractivity contribution is 5.93. The fraction of sp³-hybridized carbons (Fsp3) is 0.636. The van der Waals surface area contributed by atoms with E-state index in [1.54, 1.807) is 19.0 Å². The van der Waals surface area contributed by atoms with Crippen LogP contribution in [0.25, 0.3) is 0 Å². The number of nitrogens with zero attached hydrogens (tertiary/aromatic N) is 3. The summed E-state index contributed by atoms with van der Waals surface area (Å²) in [6.45, 7) is 10.4. The number of amides is 1. The molecule has 0 aromatic heterocycles. The lowest BCUT2D eigenvalue weighted by Crippen LogP contribution is -2.39. The molecule has 28 heavy (non-hydrogen) atoms. The minimum absolute atomic E-state index is 0.0230. The third kappa shape index (κ3) is 7.15. The Morgan fingerprint density at radius 2 is 1.82 bits per heavy atom. The van der Waals surface area contributed by atoms with Crippen LogP contribution < -0.4 is 10.6 Å².